The molecule has 3 rings (SSSR count). The monoisotopic (exact) mass is 305 g/mol. The number of fused-ring (bicyclic) bond motifs is 1. The number of carbonyl (C=O) groups is 1. The third-order valence-corrected chi connectivity index (χ3v) is 3.60. The van der Waals surface area contributed by atoms with Gasteiger partial charge in [0, 0.05) is 29.7 Å². The van der Waals surface area contributed by atoms with Gasteiger partial charge in [-0.1, -0.05) is 18.2 Å². The Bertz CT molecular complexity index is 912. The maximum Gasteiger partial charge on any atom is 0.262 e. The second-order valence-corrected chi connectivity index (χ2v) is 5.14. The molecule has 5 heteroatoms. The van der Waals surface area contributed by atoms with Crippen LogP contribution in [0, 0.1) is 11.3 Å². The fourth-order valence-electron chi connectivity index (χ4n) is 2.47. The summed E-state index contributed by atoms with van der Waals surface area (Å²) in [5.74, 6) is 0.220. The molecule has 0 spiro atoms. The number of carbonyl (C=O) groups excluding carboxylic acids is 1. The first-order valence-corrected chi connectivity index (χ1v) is 7.15. The van der Waals surface area contributed by atoms with E-state index in [1.165, 1.54) is 0 Å². The summed E-state index contributed by atoms with van der Waals surface area (Å²) in [5.41, 5.74) is 1.95. The highest BCUT2D eigenvalue weighted by molar-refractivity contribution is 6.03. The maximum absolute atomic E-state index is 12.2. The second-order valence-electron chi connectivity index (χ2n) is 5.14. The van der Waals surface area contributed by atoms with Gasteiger partial charge in [0.05, 0.1) is 12.8 Å². The summed E-state index contributed by atoms with van der Waals surface area (Å²) >= 11 is 0. The quantitative estimate of drug-likeness (QED) is 0.595. The average molecular weight is 305 g/mol. The smallest absolute Gasteiger partial charge is 0.262 e. The Morgan fingerprint density at radius 1 is 1.35 bits per heavy atom. The molecule has 0 saturated carbocycles. The number of nitriles is 1. The molecule has 23 heavy (non-hydrogen) atoms. The van der Waals surface area contributed by atoms with Crippen molar-refractivity contribution in [1.82, 2.24) is 9.88 Å². The maximum atomic E-state index is 12.2. The van der Waals surface area contributed by atoms with E-state index < -0.39 is 5.91 Å². The first-order chi connectivity index (χ1) is 11.2. The van der Waals surface area contributed by atoms with Gasteiger partial charge in [-0.15, -0.1) is 0 Å². The fraction of sp³-hybridized carbons (Fsp3) is 0.111. The van der Waals surface area contributed by atoms with Crippen molar-refractivity contribution in [3.63, 3.8) is 0 Å². The van der Waals surface area contributed by atoms with Gasteiger partial charge < -0.3 is 14.3 Å². The van der Waals surface area contributed by atoms with Crippen LogP contribution < -0.4 is 5.32 Å². The zero-order chi connectivity index (χ0) is 16.2. The highest BCUT2D eigenvalue weighted by Gasteiger charge is 2.11. The minimum atomic E-state index is -0.420. The number of aromatic nitrogens is 1. The molecule has 3 aromatic rings. The zero-order valence-corrected chi connectivity index (χ0v) is 12.6. The lowest BCUT2D eigenvalue weighted by Gasteiger charge is -2.01. The number of nitrogens with zero attached hydrogens (tertiary/aromatic N) is 2. The third kappa shape index (κ3) is 3.01. The predicted octanol–water partition coefficient (Wildman–Crippen LogP) is 2.99. The molecule has 0 radical (unpaired) electrons. The van der Waals surface area contributed by atoms with Gasteiger partial charge in [-0.05, 0) is 24.3 Å². The number of hydrogen-bond donors (Lipinski definition) is 1. The molecule has 0 aliphatic heterocycles. The Balaban J connectivity index is 1.85. The molecule has 2 heterocycles. The Hall–Kier alpha value is -3.26. The van der Waals surface area contributed by atoms with E-state index in [-0.39, 0.29) is 12.1 Å². The Labute approximate surface area is 133 Å². The third-order valence-electron chi connectivity index (χ3n) is 3.60. The van der Waals surface area contributed by atoms with E-state index in [0.29, 0.717) is 5.76 Å². The van der Waals surface area contributed by atoms with E-state index in [9.17, 15) is 10.1 Å². The molecule has 0 atom stereocenters. The van der Waals surface area contributed by atoms with Crippen LogP contribution in [-0.4, -0.2) is 10.5 Å². The molecular formula is C18H15N3O2. The molecule has 5 nitrogen and oxygen atoms in total. The van der Waals surface area contributed by atoms with Crippen LogP contribution in [0.2, 0.25) is 0 Å². The van der Waals surface area contributed by atoms with Crippen molar-refractivity contribution in [3.05, 3.63) is 65.8 Å². The van der Waals surface area contributed by atoms with Crippen molar-refractivity contribution in [3.8, 4) is 6.07 Å². The van der Waals surface area contributed by atoms with E-state index in [2.05, 4.69) is 5.32 Å². The van der Waals surface area contributed by atoms with Crippen LogP contribution in [0.5, 0.6) is 0 Å². The lowest BCUT2D eigenvalue weighted by atomic mass is 10.1. The van der Waals surface area contributed by atoms with Crippen molar-refractivity contribution < 1.29 is 9.21 Å². The molecular weight excluding hydrogens is 290 g/mol. The van der Waals surface area contributed by atoms with Gasteiger partial charge in [0.2, 0.25) is 0 Å². The van der Waals surface area contributed by atoms with Gasteiger partial charge in [0.25, 0.3) is 5.91 Å². The number of furan rings is 1. The lowest BCUT2D eigenvalue weighted by molar-refractivity contribution is -0.117. The molecule has 0 saturated heterocycles. The van der Waals surface area contributed by atoms with Crippen LogP contribution in [0.1, 0.15) is 11.3 Å². The number of benzene rings is 1. The summed E-state index contributed by atoms with van der Waals surface area (Å²) in [6.45, 7) is 0.250. The SMILES string of the molecule is Cn1cc(C=C(C#N)C(=O)NCc2ccco2)c2ccccc21. The van der Waals surface area contributed by atoms with Crippen molar-refractivity contribution >= 4 is 22.9 Å². The predicted molar refractivity (Wildman–Crippen MR) is 87.1 cm³/mol. The van der Waals surface area contributed by atoms with E-state index in [1.807, 2.05) is 48.1 Å². The summed E-state index contributed by atoms with van der Waals surface area (Å²) in [4.78, 5) is 12.2. The number of rotatable bonds is 4. The summed E-state index contributed by atoms with van der Waals surface area (Å²) in [5, 5.41) is 13.0. The van der Waals surface area contributed by atoms with E-state index in [4.69, 9.17) is 4.42 Å². The minimum Gasteiger partial charge on any atom is -0.467 e. The normalized spacial score (nSPS) is 11.4. The largest absolute Gasteiger partial charge is 0.467 e. The lowest BCUT2D eigenvalue weighted by Crippen LogP contribution is -2.23. The highest BCUT2D eigenvalue weighted by atomic mass is 16.3. The highest BCUT2D eigenvalue weighted by Crippen LogP contribution is 2.22. The zero-order valence-electron chi connectivity index (χ0n) is 12.6. The Morgan fingerprint density at radius 3 is 2.91 bits per heavy atom. The van der Waals surface area contributed by atoms with Crippen molar-refractivity contribution in [2.45, 2.75) is 6.54 Å². The Morgan fingerprint density at radius 2 is 2.17 bits per heavy atom. The van der Waals surface area contributed by atoms with Crippen LogP contribution >= 0.6 is 0 Å². The second kappa shape index (κ2) is 6.24. The van der Waals surface area contributed by atoms with Crippen LogP contribution in [-0.2, 0) is 18.4 Å². The number of para-hydroxylation sites is 1. The standard InChI is InChI=1S/C18H15N3O2/c1-21-12-14(16-6-2-3-7-17(16)21)9-13(10-19)18(22)20-11-15-5-4-8-23-15/h2-9,12H,11H2,1H3,(H,20,22). The molecule has 0 aliphatic rings. The molecule has 0 bridgehead atoms. The van der Waals surface area contributed by atoms with E-state index in [0.717, 1.165) is 16.5 Å². The van der Waals surface area contributed by atoms with Crippen molar-refractivity contribution in [2.24, 2.45) is 7.05 Å². The van der Waals surface area contributed by atoms with Gasteiger partial charge in [0.1, 0.15) is 17.4 Å². The molecule has 1 N–H and O–H groups in total. The van der Waals surface area contributed by atoms with Crippen LogP contribution in [0.15, 0.2) is 58.8 Å². The topological polar surface area (TPSA) is 71.0 Å². The molecule has 114 valence electrons. The summed E-state index contributed by atoms with van der Waals surface area (Å²) < 4.78 is 7.13. The van der Waals surface area contributed by atoms with Gasteiger partial charge in [-0.25, -0.2) is 0 Å². The molecule has 0 unspecified atom stereocenters. The molecule has 0 aliphatic carbocycles. The van der Waals surface area contributed by atoms with Gasteiger partial charge in [-0.2, -0.15) is 5.26 Å². The fourth-order valence-corrected chi connectivity index (χ4v) is 2.47. The van der Waals surface area contributed by atoms with Crippen molar-refractivity contribution in [2.75, 3.05) is 0 Å². The minimum absolute atomic E-state index is 0.0629. The molecule has 1 amide bonds. The van der Waals surface area contributed by atoms with Crippen LogP contribution in [0.3, 0.4) is 0 Å². The number of amides is 1. The van der Waals surface area contributed by atoms with E-state index in [1.54, 1.807) is 24.5 Å². The van der Waals surface area contributed by atoms with Crippen molar-refractivity contribution in [1.29, 1.82) is 5.26 Å². The number of hydrogen-bond acceptors (Lipinski definition) is 3. The number of aryl methyl sites for hydroxylation is 1. The van der Waals surface area contributed by atoms with Gasteiger partial charge in [0.15, 0.2) is 0 Å². The first-order valence-electron chi connectivity index (χ1n) is 7.15. The average Bonchev–Trinajstić information content (AvgIpc) is 3.19. The summed E-state index contributed by atoms with van der Waals surface area (Å²) in [6, 6.07) is 13.3. The summed E-state index contributed by atoms with van der Waals surface area (Å²) in [6.07, 6.45) is 5.06. The van der Waals surface area contributed by atoms with Gasteiger partial charge in [-0.3, -0.25) is 4.79 Å². The summed E-state index contributed by atoms with van der Waals surface area (Å²) in [7, 11) is 1.93. The molecule has 0 fully saturated rings. The number of nitrogens with one attached hydrogen (secondary N) is 1. The van der Waals surface area contributed by atoms with E-state index >= 15 is 0 Å². The molecule has 2 aromatic heterocycles. The Kier molecular flexibility index (Phi) is 3.98. The van der Waals surface area contributed by atoms with Gasteiger partial charge >= 0.3 is 0 Å². The van der Waals surface area contributed by atoms with Crippen LogP contribution in [0.25, 0.3) is 17.0 Å². The molecule has 1 aromatic carbocycles. The van der Waals surface area contributed by atoms with Crippen LogP contribution in [0.4, 0.5) is 0 Å². The first kappa shape index (κ1) is 14.7.